The molecular formula is C19H19ClN4O4S. The third-order valence-corrected chi connectivity index (χ3v) is 5.17. The van der Waals surface area contributed by atoms with Crippen molar-refractivity contribution in [2.45, 2.75) is 20.5 Å². The average Bonchev–Trinajstić information content (AvgIpc) is 3.20. The van der Waals surface area contributed by atoms with Crippen LogP contribution in [-0.4, -0.2) is 33.2 Å². The van der Waals surface area contributed by atoms with Gasteiger partial charge in [-0.3, -0.25) is 9.48 Å². The van der Waals surface area contributed by atoms with Gasteiger partial charge in [0, 0.05) is 18.1 Å². The minimum absolute atomic E-state index is 0.209. The summed E-state index contributed by atoms with van der Waals surface area (Å²) in [5.41, 5.74) is 1.30. The number of hydrogen-bond donors (Lipinski definition) is 1. The van der Waals surface area contributed by atoms with Crippen LogP contribution in [0.1, 0.15) is 26.1 Å². The summed E-state index contributed by atoms with van der Waals surface area (Å²) in [4.78, 5) is 29.0. The van der Waals surface area contributed by atoms with Gasteiger partial charge in [-0.1, -0.05) is 11.6 Å². The minimum Gasteiger partial charge on any atom is -0.486 e. The number of rotatable bonds is 7. The summed E-state index contributed by atoms with van der Waals surface area (Å²) in [5, 5.41) is 8.02. The fourth-order valence-electron chi connectivity index (χ4n) is 2.48. The van der Waals surface area contributed by atoms with E-state index in [9.17, 15) is 9.59 Å². The van der Waals surface area contributed by atoms with Gasteiger partial charge >= 0.3 is 5.97 Å². The molecule has 0 aliphatic heterocycles. The Labute approximate surface area is 176 Å². The van der Waals surface area contributed by atoms with Crippen LogP contribution in [0.25, 0.3) is 0 Å². The SMILES string of the molecule is Cc1cc(NC(=O)COC(=O)c2sc(COc3ccc(Cl)cc3)nc2C)n(C)n1. The Morgan fingerprint density at radius 3 is 2.62 bits per heavy atom. The summed E-state index contributed by atoms with van der Waals surface area (Å²) in [6.07, 6.45) is 0. The second kappa shape index (κ2) is 9.06. The van der Waals surface area contributed by atoms with E-state index in [4.69, 9.17) is 21.1 Å². The number of carbonyl (C=O) groups is 2. The Morgan fingerprint density at radius 1 is 1.24 bits per heavy atom. The quantitative estimate of drug-likeness (QED) is 0.571. The first-order chi connectivity index (χ1) is 13.8. The van der Waals surface area contributed by atoms with E-state index in [2.05, 4.69) is 15.4 Å². The molecule has 0 aliphatic carbocycles. The number of thiazole rings is 1. The lowest BCUT2D eigenvalue weighted by molar-refractivity contribution is -0.119. The van der Waals surface area contributed by atoms with E-state index in [0.29, 0.717) is 32.2 Å². The van der Waals surface area contributed by atoms with Crippen molar-refractivity contribution < 1.29 is 19.1 Å². The highest BCUT2D eigenvalue weighted by molar-refractivity contribution is 7.13. The van der Waals surface area contributed by atoms with Gasteiger partial charge in [0.1, 0.15) is 28.1 Å². The topological polar surface area (TPSA) is 95.3 Å². The van der Waals surface area contributed by atoms with Crippen LogP contribution in [-0.2, 0) is 23.2 Å². The van der Waals surface area contributed by atoms with Crippen LogP contribution in [0.2, 0.25) is 5.02 Å². The van der Waals surface area contributed by atoms with Crippen molar-refractivity contribution in [1.82, 2.24) is 14.8 Å². The second-order valence-electron chi connectivity index (χ2n) is 6.18. The minimum atomic E-state index is -0.603. The molecule has 0 aliphatic rings. The van der Waals surface area contributed by atoms with Gasteiger partial charge in [0.05, 0.1) is 11.4 Å². The number of aryl methyl sites for hydroxylation is 3. The normalized spacial score (nSPS) is 10.6. The van der Waals surface area contributed by atoms with Crippen molar-refractivity contribution in [3.8, 4) is 5.75 Å². The molecule has 0 saturated heterocycles. The van der Waals surface area contributed by atoms with Crippen LogP contribution >= 0.6 is 22.9 Å². The molecule has 29 heavy (non-hydrogen) atoms. The van der Waals surface area contributed by atoms with E-state index in [1.165, 1.54) is 16.0 Å². The first-order valence-electron chi connectivity index (χ1n) is 8.64. The van der Waals surface area contributed by atoms with Crippen molar-refractivity contribution in [3.05, 3.63) is 56.6 Å². The molecule has 3 aromatic rings. The standard InChI is InChI=1S/C19H19ClN4O4S/c1-11-8-15(24(3)23-11)22-16(25)9-28-19(26)18-12(2)21-17(29-18)10-27-14-6-4-13(20)5-7-14/h4-8H,9-10H2,1-3H3,(H,22,25). The Hall–Kier alpha value is -2.91. The predicted octanol–water partition coefficient (Wildman–Crippen LogP) is 3.52. The number of aromatic nitrogens is 3. The van der Waals surface area contributed by atoms with Crippen molar-refractivity contribution in [2.75, 3.05) is 11.9 Å². The zero-order chi connectivity index (χ0) is 21.0. The van der Waals surface area contributed by atoms with E-state index < -0.39 is 18.5 Å². The number of anilines is 1. The van der Waals surface area contributed by atoms with E-state index in [1.54, 1.807) is 44.3 Å². The summed E-state index contributed by atoms with van der Waals surface area (Å²) in [7, 11) is 1.71. The zero-order valence-corrected chi connectivity index (χ0v) is 17.6. The zero-order valence-electron chi connectivity index (χ0n) is 16.1. The van der Waals surface area contributed by atoms with Gasteiger partial charge in [0.25, 0.3) is 5.91 Å². The van der Waals surface area contributed by atoms with Gasteiger partial charge in [0.2, 0.25) is 0 Å². The maximum atomic E-state index is 12.3. The fraction of sp³-hybridized carbons (Fsp3) is 0.263. The molecule has 10 heteroatoms. The number of halogens is 1. The Balaban J connectivity index is 1.53. The molecule has 0 atom stereocenters. The van der Waals surface area contributed by atoms with Crippen LogP contribution < -0.4 is 10.1 Å². The maximum Gasteiger partial charge on any atom is 0.350 e. The lowest BCUT2D eigenvalue weighted by Gasteiger charge is -2.06. The number of ether oxygens (including phenoxy) is 2. The molecule has 1 N–H and O–H groups in total. The molecule has 1 amide bonds. The first-order valence-corrected chi connectivity index (χ1v) is 9.83. The van der Waals surface area contributed by atoms with Crippen LogP contribution in [0.4, 0.5) is 5.82 Å². The summed E-state index contributed by atoms with van der Waals surface area (Å²) in [5.74, 6) is 0.122. The first kappa shape index (κ1) is 20.8. The molecule has 0 fully saturated rings. The summed E-state index contributed by atoms with van der Waals surface area (Å²) >= 11 is 7.01. The lowest BCUT2D eigenvalue weighted by Crippen LogP contribution is -2.22. The monoisotopic (exact) mass is 434 g/mol. The Kier molecular flexibility index (Phi) is 6.50. The van der Waals surface area contributed by atoms with Crippen LogP contribution in [0.15, 0.2) is 30.3 Å². The number of nitrogens with one attached hydrogen (secondary N) is 1. The highest BCUT2D eigenvalue weighted by atomic mass is 35.5. The lowest BCUT2D eigenvalue weighted by atomic mass is 10.3. The van der Waals surface area contributed by atoms with Crippen molar-refractivity contribution >= 4 is 40.6 Å². The Bertz CT molecular complexity index is 1030. The van der Waals surface area contributed by atoms with E-state index in [0.717, 1.165) is 5.69 Å². The number of benzene rings is 1. The summed E-state index contributed by atoms with van der Waals surface area (Å²) in [6, 6.07) is 8.68. The number of carbonyl (C=O) groups excluding carboxylic acids is 2. The van der Waals surface area contributed by atoms with Gasteiger partial charge in [-0.15, -0.1) is 11.3 Å². The van der Waals surface area contributed by atoms with Gasteiger partial charge in [-0.05, 0) is 38.1 Å². The van der Waals surface area contributed by atoms with Gasteiger partial charge in [-0.2, -0.15) is 5.10 Å². The number of nitrogens with zero attached hydrogens (tertiary/aromatic N) is 3. The van der Waals surface area contributed by atoms with Crippen LogP contribution in [0, 0.1) is 13.8 Å². The average molecular weight is 435 g/mol. The van der Waals surface area contributed by atoms with Crippen molar-refractivity contribution in [3.63, 3.8) is 0 Å². The fourth-order valence-corrected chi connectivity index (χ4v) is 3.48. The third-order valence-electron chi connectivity index (χ3n) is 3.81. The molecule has 0 bridgehead atoms. The molecule has 8 nitrogen and oxygen atoms in total. The largest absolute Gasteiger partial charge is 0.486 e. The molecule has 2 heterocycles. The molecule has 2 aromatic heterocycles. The molecular weight excluding hydrogens is 416 g/mol. The van der Waals surface area contributed by atoms with E-state index in [1.807, 2.05) is 6.92 Å². The number of esters is 1. The summed E-state index contributed by atoms with van der Waals surface area (Å²) < 4.78 is 12.3. The molecule has 0 spiro atoms. The summed E-state index contributed by atoms with van der Waals surface area (Å²) in [6.45, 7) is 3.33. The van der Waals surface area contributed by atoms with Crippen LogP contribution in [0.3, 0.4) is 0 Å². The smallest absolute Gasteiger partial charge is 0.350 e. The third kappa shape index (κ3) is 5.55. The predicted molar refractivity (Wildman–Crippen MR) is 109 cm³/mol. The number of amides is 1. The van der Waals surface area contributed by atoms with E-state index in [-0.39, 0.29) is 6.61 Å². The molecule has 152 valence electrons. The van der Waals surface area contributed by atoms with E-state index >= 15 is 0 Å². The maximum absolute atomic E-state index is 12.3. The highest BCUT2D eigenvalue weighted by Crippen LogP contribution is 2.22. The molecule has 3 rings (SSSR count). The number of hydrogen-bond acceptors (Lipinski definition) is 7. The van der Waals surface area contributed by atoms with Gasteiger partial charge < -0.3 is 14.8 Å². The Morgan fingerprint density at radius 2 is 1.97 bits per heavy atom. The molecule has 0 saturated carbocycles. The molecule has 0 radical (unpaired) electrons. The molecule has 0 unspecified atom stereocenters. The van der Waals surface area contributed by atoms with Crippen LogP contribution in [0.5, 0.6) is 5.75 Å². The van der Waals surface area contributed by atoms with Gasteiger partial charge in [0.15, 0.2) is 6.61 Å². The highest BCUT2D eigenvalue weighted by Gasteiger charge is 2.18. The van der Waals surface area contributed by atoms with Crippen molar-refractivity contribution in [1.29, 1.82) is 0 Å². The van der Waals surface area contributed by atoms with Gasteiger partial charge in [-0.25, -0.2) is 9.78 Å². The van der Waals surface area contributed by atoms with Crippen molar-refractivity contribution in [2.24, 2.45) is 7.05 Å². The second-order valence-corrected chi connectivity index (χ2v) is 7.70. The molecule has 1 aromatic carbocycles.